The molecule has 8 heteroatoms. The van der Waals surface area contributed by atoms with Crippen molar-refractivity contribution < 1.29 is 4.79 Å². The molecule has 1 amide bonds. The highest BCUT2D eigenvalue weighted by molar-refractivity contribution is 5.95. The van der Waals surface area contributed by atoms with E-state index in [2.05, 4.69) is 44.5 Å². The van der Waals surface area contributed by atoms with Gasteiger partial charge in [-0.2, -0.15) is 0 Å². The number of anilines is 1. The molecule has 1 N–H and O–H groups in total. The van der Waals surface area contributed by atoms with Gasteiger partial charge in [-0.3, -0.25) is 14.8 Å². The molecule has 1 atom stereocenters. The van der Waals surface area contributed by atoms with Crippen LogP contribution in [0.2, 0.25) is 0 Å². The largest absolute Gasteiger partial charge is 0.378 e. The second kappa shape index (κ2) is 11.1. The number of carbonyl (C=O) groups is 1. The number of nitrogens with one attached hydrogen (secondary N) is 1. The predicted octanol–water partition coefficient (Wildman–Crippen LogP) is 3.84. The molecule has 3 aromatic rings. The summed E-state index contributed by atoms with van der Waals surface area (Å²) in [7, 11) is 4.03. The van der Waals surface area contributed by atoms with E-state index >= 15 is 0 Å². The highest BCUT2D eigenvalue weighted by Gasteiger charge is 2.29. The summed E-state index contributed by atoms with van der Waals surface area (Å²) in [6, 6.07) is 14.1. The van der Waals surface area contributed by atoms with Crippen LogP contribution in [0.25, 0.3) is 11.1 Å². The van der Waals surface area contributed by atoms with Crippen LogP contribution in [0.1, 0.15) is 22.0 Å². The van der Waals surface area contributed by atoms with Crippen LogP contribution < -0.4 is 10.2 Å². The normalized spacial score (nSPS) is 15.4. The Hall–Kier alpha value is -2.67. The average Bonchev–Trinajstić information content (AvgIpc) is 2.79. The van der Waals surface area contributed by atoms with Gasteiger partial charge in [0.2, 0.25) is 0 Å². The van der Waals surface area contributed by atoms with Gasteiger partial charge >= 0.3 is 0 Å². The SMILES string of the molecule is CN(C)c1ccc(-c2cncc(C(=O)N3CCNCC3c3cccnc3)c2)cc1.Cl.Cl. The Kier molecular flexibility index (Phi) is 8.80. The summed E-state index contributed by atoms with van der Waals surface area (Å²) in [6.07, 6.45) is 7.04. The number of piperazine rings is 1. The number of benzene rings is 1. The minimum Gasteiger partial charge on any atom is -0.378 e. The molecule has 1 aliphatic heterocycles. The number of hydrogen-bond donors (Lipinski definition) is 1. The van der Waals surface area contributed by atoms with Crippen molar-refractivity contribution >= 4 is 36.4 Å². The molecule has 164 valence electrons. The maximum absolute atomic E-state index is 13.3. The number of pyridine rings is 2. The predicted molar refractivity (Wildman–Crippen MR) is 129 cm³/mol. The zero-order valence-electron chi connectivity index (χ0n) is 17.6. The summed E-state index contributed by atoms with van der Waals surface area (Å²) >= 11 is 0. The van der Waals surface area contributed by atoms with E-state index in [0.29, 0.717) is 12.1 Å². The Labute approximate surface area is 195 Å². The third-order valence-corrected chi connectivity index (χ3v) is 5.28. The zero-order valence-corrected chi connectivity index (χ0v) is 19.2. The van der Waals surface area contributed by atoms with Gasteiger partial charge in [0.05, 0.1) is 11.6 Å². The first kappa shape index (κ1) is 24.6. The molecule has 1 aliphatic rings. The fourth-order valence-electron chi connectivity index (χ4n) is 3.65. The minimum absolute atomic E-state index is 0. The lowest BCUT2D eigenvalue weighted by Crippen LogP contribution is -2.48. The number of amides is 1. The molecule has 0 saturated carbocycles. The number of nitrogens with zero attached hydrogens (tertiary/aromatic N) is 4. The zero-order chi connectivity index (χ0) is 20.2. The standard InChI is InChI=1S/C23H25N5O.2ClH/c1-27(2)21-7-5-17(6-8-21)19-12-20(15-26-14-19)23(29)28-11-10-25-16-22(28)18-4-3-9-24-13-18;;/h3-9,12-15,22,25H,10-11,16H2,1-2H3;2*1H. The molecule has 6 nitrogen and oxygen atoms in total. The van der Waals surface area contributed by atoms with E-state index in [4.69, 9.17) is 0 Å². The van der Waals surface area contributed by atoms with Crippen LogP contribution in [-0.2, 0) is 0 Å². The number of carbonyl (C=O) groups excluding carboxylic acids is 1. The summed E-state index contributed by atoms with van der Waals surface area (Å²) in [5.74, 6) is -0.000357. The molecule has 2 aromatic heterocycles. The van der Waals surface area contributed by atoms with Gasteiger partial charge in [-0.25, -0.2) is 0 Å². The minimum atomic E-state index is -0.0343. The number of halogens is 2. The van der Waals surface area contributed by atoms with Crippen LogP contribution in [0.15, 0.2) is 67.3 Å². The van der Waals surface area contributed by atoms with Crippen molar-refractivity contribution in [1.29, 1.82) is 0 Å². The molecule has 1 aromatic carbocycles. The smallest absolute Gasteiger partial charge is 0.256 e. The van der Waals surface area contributed by atoms with Crippen LogP contribution in [0.4, 0.5) is 5.69 Å². The van der Waals surface area contributed by atoms with Gasteiger partial charge in [0, 0.05) is 69.8 Å². The summed E-state index contributed by atoms with van der Waals surface area (Å²) in [6.45, 7) is 2.15. The average molecular weight is 460 g/mol. The first-order valence-electron chi connectivity index (χ1n) is 9.78. The first-order chi connectivity index (χ1) is 14.1. The Morgan fingerprint density at radius 3 is 2.48 bits per heavy atom. The molecule has 0 aliphatic carbocycles. The van der Waals surface area contributed by atoms with Gasteiger partial charge in [-0.1, -0.05) is 18.2 Å². The van der Waals surface area contributed by atoms with Gasteiger partial charge in [-0.15, -0.1) is 24.8 Å². The fraction of sp³-hybridized carbons (Fsp3) is 0.261. The van der Waals surface area contributed by atoms with Crippen molar-refractivity contribution in [3.05, 3.63) is 78.4 Å². The molecule has 3 heterocycles. The maximum atomic E-state index is 13.3. The molecule has 4 rings (SSSR count). The van der Waals surface area contributed by atoms with Crippen molar-refractivity contribution in [2.75, 3.05) is 38.6 Å². The van der Waals surface area contributed by atoms with Crippen LogP contribution in [-0.4, -0.2) is 54.5 Å². The monoisotopic (exact) mass is 459 g/mol. The van der Waals surface area contributed by atoms with Crippen molar-refractivity contribution in [1.82, 2.24) is 20.2 Å². The van der Waals surface area contributed by atoms with E-state index in [1.165, 1.54) is 0 Å². The number of hydrogen-bond acceptors (Lipinski definition) is 5. The maximum Gasteiger partial charge on any atom is 0.256 e. The second-order valence-corrected chi connectivity index (χ2v) is 7.41. The van der Waals surface area contributed by atoms with E-state index in [0.717, 1.165) is 35.5 Å². The van der Waals surface area contributed by atoms with E-state index in [1.54, 1.807) is 18.6 Å². The van der Waals surface area contributed by atoms with Crippen LogP contribution in [0.3, 0.4) is 0 Å². The van der Waals surface area contributed by atoms with E-state index in [-0.39, 0.29) is 36.8 Å². The van der Waals surface area contributed by atoms with Gasteiger partial charge in [0.1, 0.15) is 0 Å². The third kappa shape index (κ3) is 5.53. The summed E-state index contributed by atoms with van der Waals surface area (Å²) < 4.78 is 0. The fourth-order valence-corrected chi connectivity index (χ4v) is 3.65. The third-order valence-electron chi connectivity index (χ3n) is 5.28. The summed E-state index contributed by atoms with van der Waals surface area (Å²) in [5, 5.41) is 3.38. The second-order valence-electron chi connectivity index (χ2n) is 7.41. The molecule has 1 saturated heterocycles. The van der Waals surface area contributed by atoms with Crippen molar-refractivity contribution in [2.24, 2.45) is 0 Å². The van der Waals surface area contributed by atoms with Gasteiger partial charge in [0.25, 0.3) is 5.91 Å². The molecule has 1 unspecified atom stereocenters. The summed E-state index contributed by atoms with van der Waals surface area (Å²) in [4.78, 5) is 25.9. The van der Waals surface area contributed by atoms with Crippen LogP contribution in [0, 0.1) is 0 Å². The van der Waals surface area contributed by atoms with E-state index in [9.17, 15) is 4.79 Å². The van der Waals surface area contributed by atoms with Crippen LogP contribution >= 0.6 is 24.8 Å². The summed E-state index contributed by atoms with van der Waals surface area (Å²) in [5.41, 5.74) is 4.76. The van der Waals surface area contributed by atoms with Gasteiger partial charge in [0.15, 0.2) is 0 Å². The lowest BCUT2D eigenvalue weighted by molar-refractivity contribution is 0.0633. The molecular formula is C23H27Cl2N5O. The Morgan fingerprint density at radius 2 is 1.81 bits per heavy atom. The molecule has 0 spiro atoms. The molecule has 1 fully saturated rings. The molecule has 0 bridgehead atoms. The Bertz CT molecular complexity index is 983. The molecule has 31 heavy (non-hydrogen) atoms. The van der Waals surface area contributed by atoms with Gasteiger partial charge in [-0.05, 0) is 35.4 Å². The van der Waals surface area contributed by atoms with Crippen molar-refractivity contribution in [2.45, 2.75) is 6.04 Å². The highest BCUT2D eigenvalue weighted by Crippen LogP contribution is 2.26. The van der Waals surface area contributed by atoms with Gasteiger partial charge < -0.3 is 15.1 Å². The van der Waals surface area contributed by atoms with Crippen LogP contribution in [0.5, 0.6) is 0 Å². The van der Waals surface area contributed by atoms with E-state index < -0.39 is 0 Å². The van der Waals surface area contributed by atoms with Crippen molar-refractivity contribution in [3.8, 4) is 11.1 Å². The van der Waals surface area contributed by atoms with Crippen molar-refractivity contribution in [3.63, 3.8) is 0 Å². The topological polar surface area (TPSA) is 61.4 Å². The molecule has 0 radical (unpaired) electrons. The Balaban J connectivity index is 0.00000171. The Morgan fingerprint density at radius 1 is 1.03 bits per heavy atom. The molecular weight excluding hydrogens is 433 g/mol. The number of rotatable bonds is 4. The van der Waals surface area contributed by atoms with E-state index in [1.807, 2.05) is 43.4 Å². The first-order valence-corrected chi connectivity index (χ1v) is 9.78. The lowest BCUT2D eigenvalue weighted by atomic mass is 10.0. The quantitative estimate of drug-likeness (QED) is 0.641. The lowest BCUT2D eigenvalue weighted by Gasteiger charge is -2.36. The highest BCUT2D eigenvalue weighted by atomic mass is 35.5. The number of aromatic nitrogens is 2.